The predicted octanol–water partition coefficient (Wildman–Crippen LogP) is 0.901. The Labute approximate surface area is 143 Å². The summed E-state index contributed by atoms with van der Waals surface area (Å²) in [6.45, 7) is 4.78. The average Bonchev–Trinajstić information content (AvgIpc) is 2.52. The zero-order valence-electron chi connectivity index (χ0n) is 14.6. The van der Waals surface area contributed by atoms with Crippen LogP contribution in [-0.4, -0.2) is 83.6 Å². The van der Waals surface area contributed by atoms with E-state index in [1.54, 1.807) is 23.4 Å². The van der Waals surface area contributed by atoms with Crippen molar-refractivity contribution in [2.75, 3.05) is 53.5 Å². The van der Waals surface area contributed by atoms with Gasteiger partial charge in [-0.3, -0.25) is 4.57 Å². The largest absolute Gasteiger partial charge is 0.396 e. The Hall–Kier alpha value is 0.160. The van der Waals surface area contributed by atoms with Gasteiger partial charge < -0.3 is 14.9 Å². The number of hydrogen-bond donors (Lipinski definition) is 2. The van der Waals surface area contributed by atoms with E-state index in [0.29, 0.717) is 32.8 Å². The highest BCUT2D eigenvalue weighted by Gasteiger charge is 2.39. The van der Waals surface area contributed by atoms with Crippen molar-refractivity contribution in [2.24, 2.45) is 5.92 Å². The van der Waals surface area contributed by atoms with Crippen molar-refractivity contribution < 1.29 is 14.2 Å². The molecule has 1 aliphatic rings. The molecule has 2 N–H and O–H groups in total. The Balaban J connectivity index is 2.55. The van der Waals surface area contributed by atoms with Crippen molar-refractivity contribution >= 4 is 23.4 Å². The van der Waals surface area contributed by atoms with Gasteiger partial charge in [0.05, 0.1) is 22.3 Å². The molecule has 0 bridgehead atoms. The quantitative estimate of drug-likeness (QED) is 0.350. The second-order valence-corrected chi connectivity index (χ2v) is 9.06. The molecular formula is C14H30B2N3O3P. The summed E-state index contributed by atoms with van der Waals surface area (Å²) in [6.07, 6.45) is 1.66. The molecule has 1 saturated heterocycles. The van der Waals surface area contributed by atoms with Gasteiger partial charge in [-0.15, -0.1) is 0 Å². The third-order valence-corrected chi connectivity index (χ3v) is 6.71. The van der Waals surface area contributed by atoms with E-state index in [1.165, 1.54) is 0 Å². The summed E-state index contributed by atoms with van der Waals surface area (Å²) in [5.41, 5.74) is 0. The summed E-state index contributed by atoms with van der Waals surface area (Å²) in [5.74, 6) is 0.0656. The van der Waals surface area contributed by atoms with Gasteiger partial charge in [-0.25, -0.2) is 9.34 Å². The normalized spacial score (nSPS) is 27.0. The van der Waals surface area contributed by atoms with Crippen LogP contribution in [0.4, 0.5) is 0 Å². The van der Waals surface area contributed by atoms with Crippen molar-refractivity contribution in [3.05, 3.63) is 0 Å². The maximum Gasteiger partial charge on any atom is 0.345 e. The maximum atomic E-state index is 13.3. The molecule has 23 heavy (non-hydrogen) atoms. The lowest BCUT2D eigenvalue weighted by Gasteiger charge is -2.41. The van der Waals surface area contributed by atoms with Gasteiger partial charge in [-0.05, 0) is 26.6 Å². The van der Waals surface area contributed by atoms with Crippen LogP contribution in [0.3, 0.4) is 0 Å². The van der Waals surface area contributed by atoms with Crippen LogP contribution in [-0.2, 0) is 9.09 Å². The molecule has 0 aromatic rings. The smallest absolute Gasteiger partial charge is 0.345 e. The van der Waals surface area contributed by atoms with E-state index in [4.69, 9.17) is 20.2 Å². The first-order valence-corrected chi connectivity index (χ1v) is 9.87. The van der Waals surface area contributed by atoms with E-state index in [1.807, 2.05) is 6.92 Å². The number of aliphatic hydroxyl groups excluding tert-OH is 1. The van der Waals surface area contributed by atoms with Gasteiger partial charge in [-0.1, -0.05) is 31.4 Å². The molecule has 0 amide bonds. The van der Waals surface area contributed by atoms with Gasteiger partial charge in [0.15, 0.2) is 0 Å². The number of nitrogens with zero attached hydrogens (tertiary/aromatic N) is 2. The van der Waals surface area contributed by atoms with Gasteiger partial charge in [0, 0.05) is 26.2 Å². The van der Waals surface area contributed by atoms with Crippen molar-refractivity contribution in [3.8, 4) is 0 Å². The maximum absolute atomic E-state index is 13.3. The highest BCUT2D eigenvalue weighted by atomic mass is 31.2. The number of aliphatic hydroxyl groups is 1. The molecule has 0 saturated carbocycles. The summed E-state index contributed by atoms with van der Waals surface area (Å²) in [5, 5.41) is 12.6. The Morgan fingerprint density at radius 2 is 2.17 bits per heavy atom. The minimum absolute atomic E-state index is 0.0382. The lowest BCUT2D eigenvalue weighted by atomic mass is 9.77. The van der Waals surface area contributed by atoms with Crippen molar-refractivity contribution in [2.45, 2.75) is 31.4 Å². The lowest BCUT2D eigenvalue weighted by molar-refractivity contribution is 0.141. The molecule has 1 aliphatic heterocycles. The van der Waals surface area contributed by atoms with Crippen molar-refractivity contribution in [1.29, 1.82) is 0 Å². The predicted molar refractivity (Wildman–Crippen MR) is 96.2 cm³/mol. The summed E-state index contributed by atoms with van der Waals surface area (Å²) < 4.78 is 22.4. The van der Waals surface area contributed by atoms with Gasteiger partial charge in [0.25, 0.3) is 0 Å². The first kappa shape index (κ1) is 21.2. The molecule has 130 valence electrons. The van der Waals surface area contributed by atoms with Crippen LogP contribution in [0.2, 0.25) is 11.6 Å². The highest BCUT2D eigenvalue weighted by molar-refractivity contribution is 7.53. The van der Waals surface area contributed by atoms with E-state index < -0.39 is 7.67 Å². The molecule has 1 rings (SSSR count). The van der Waals surface area contributed by atoms with Gasteiger partial charge in [-0.2, -0.15) is 0 Å². The number of nitrogens with one attached hydrogen (secondary N) is 1. The first-order chi connectivity index (χ1) is 10.8. The lowest BCUT2D eigenvalue weighted by Crippen LogP contribution is -2.41. The van der Waals surface area contributed by atoms with E-state index in [2.05, 4.69) is 5.32 Å². The fourth-order valence-electron chi connectivity index (χ4n) is 2.68. The van der Waals surface area contributed by atoms with Gasteiger partial charge >= 0.3 is 7.67 Å². The van der Waals surface area contributed by atoms with Gasteiger partial charge in [0.2, 0.25) is 0 Å². The van der Waals surface area contributed by atoms with Crippen LogP contribution in [0.1, 0.15) is 19.8 Å². The fraction of sp³-hybridized carbons (Fsp3) is 1.00. The summed E-state index contributed by atoms with van der Waals surface area (Å²) in [6, 6.07) is 0. The molecule has 0 aromatic carbocycles. The van der Waals surface area contributed by atoms with Crippen LogP contribution < -0.4 is 5.32 Å². The Morgan fingerprint density at radius 3 is 2.74 bits per heavy atom. The molecule has 9 heteroatoms. The Morgan fingerprint density at radius 1 is 1.48 bits per heavy atom. The van der Waals surface area contributed by atoms with E-state index in [-0.39, 0.29) is 24.2 Å². The molecule has 1 heterocycles. The van der Waals surface area contributed by atoms with Crippen LogP contribution in [0.25, 0.3) is 0 Å². The monoisotopic (exact) mass is 341 g/mol. The fourth-order valence-corrected chi connectivity index (χ4v) is 4.76. The Bertz CT molecular complexity index is 390. The number of piperidine rings is 1. The van der Waals surface area contributed by atoms with Gasteiger partial charge in [0.1, 0.15) is 0 Å². The topological polar surface area (TPSA) is 65.0 Å². The van der Waals surface area contributed by atoms with Crippen LogP contribution >= 0.6 is 7.67 Å². The molecule has 4 atom stereocenters. The first-order valence-electron chi connectivity index (χ1n) is 8.34. The Kier molecular flexibility index (Phi) is 9.42. The van der Waals surface area contributed by atoms with E-state index in [9.17, 15) is 9.67 Å². The summed E-state index contributed by atoms with van der Waals surface area (Å²) >= 11 is 0. The van der Waals surface area contributed by atoms with Crippen molar-refractivity contribution in [3.63, 3.8) is 0 Å². The molecular weight excluding hydrogens is 311 g/mol. The minimum Gasteiger partial charge on any atom is -0.396 e. The number of hydrogen-bond acceptors (Lipinski definition) is 4. The van der Waals surface area contributed by atoms with E-state index in [0.717, 1.165) is 12.8 Å². The molecule has 3 unspecified atom stereocenters. The number of rotatable bonds is 10. The molecule has 4 radical (unpaired) electrons. The summed E-state index contributed by atoms with van der Waals surface area (Å²) in [7, 11) is 12.2. The SMILES string of the molecule is [B]C(CC)CNCCO[P@](=O)(N(C)C)N1CC([B])CC(CO)C1. The third-order valence-electron chi connectivity index (χ3n) is 4.14. The zero-order valence-corrected chi connectivity index (χ0v) is 15.5. The summed E-state index contributed by atoms with van der Waals surface area (Å²) in [4.78, 5) is 0. The van der Waals surface area contributed by atoms with E-state index >= 15 is 0 Å². The highest BCUT2D eigenvalue weighted by Crippen LogP contribution is 2.54. The standard InChI is InChI=1S/C14H30B2N3O3P/c1-4-13(15)8-17-5-6-22-23(21,18(2)3)19-9-12(11-20)7-14(16)10-19/h12-14,17,20H,4-11H2,1-3H3/t12?,13?,14?,23-/m1/s1. The third kappa shape index (κ3) is 6.52. The molecule has 0 spiro atoms. The molecule has 0 aliphatic carbocycles. The van der Waals surface area contributed by atoms with Crippen LogP contribution in [0.15, 0.2) is 0 Å². The van der Waals surface area contributed by atoms with Crippen LogP contribution in [0, 0.1) is 5.92 Å². The minimum atomic E-state index is -3.12. The average molecular weight is 341 g/mol. The zero-order chi connectivity index (χ0) is 17.5. The molecule has 6 nitrogen and oxygen atoms in total. The second kappa shape index (κ2) is 10.2. The molecule has 1 fully saturated rings. The van der Waals surface area contributed by atoms with Crippen LogP contribution in [0.5, 0.6) is 0 Å². The second-order valence-electron chi connectivity index (χ2n) is 6.46. The van der Waals surface area contributed by atoms with Crippen molar-refractivity contribution in [1.82, 2.24) is 14.7 Å². The molecule has 0 aromatic heterocycles.